The van der Waals surface area contributed by atoms with E-state index < -0.39 is 11.8 Å². The van der Waals surface area contributed by atoms with Crippen LogP contribution < -0.4 is 10.7 Å². The molecule has 0 saturated carbocycles. The minimum absolute atomic E-state index is 0.421. The molecule has 1 aliphatic rings. The summed E-state index contributed by atoms with van der Waals surface area (Å²) in [5.41, 5.74) is 8.01. The van der Waals surface area contributed by atoms with Gasteiger partial charge in [0, 0.05) is 22.2 Å². The number of rotatable bonds is 5. The molecule has 0 aliphatic heterocycles. The van der Waals surface area contributed by atoms with Gasteiger partial charge in [-0.25, -0.2) is 10.1 Å². The molecule has 0 spiro atoms. The number of hydrogen-bond acceptors (Lipinski definition) is 6. The van der Waals surface area contributed by atoms with Gasteiger partial charge in [0.25, 0.3) is 0 Å². The van der Waals surface area contributed by atoms with Crippen molar-refractivity contribution >= 4 is 34.4 Å². The molecule has 2 heterocycles. The molecule has 9 heteroatoms. The van der Waals surface area contributed by atoms with Crippen LogP contribution in [0.3, 0.4) is 0 Å². The summed E-state index contributed by atoms with van der Waals surface area (Å²) >= 11 is 1.37. The van der Waals surface area contributed by atoms with Gasteiger partial charge >= 0.3 is 11.8 Å². The highest BCUT2D eigenvalue weighted by Crippen LogP contribution is 2.37. The standard InChI is InChI=1S/C28H24N6O2S/c1-18-11-13-19(14-12-18)25-20(17-34(33-25)21-7-3-2-4-8-21)16-30-32-27(36)26(35)31-28-23(15-29)22-9-5-6-10-24(22)37-28/h2-4,7-8,11-14,16-17H,5-6,9-10H2,1H3,(H,31,35)(H,32,36). The molecule has 4 aromatic rings. The van der Waals surface area contributed by atoms with Gasteiger partial charge < -0.3 is 5.32 Å². The minimum Gasteiger partial charge on any atom is -0.308 e. The lowest BCUT2D eigenvalue weighted by Gasteiger charge is -2.09. The summed E-state index contributed by atoms with van der Waals surface area (Å²) in [5.74, 6) is -1.79. The number of hydrazone groups is 1. The third kappa shape index (κ3) is 5.20. The van der Waals surface area contributed by atoms with Gasteiger partial charge in [-0.05, 0) is 50.3 Å². The Labute approximate surface area is 218 Å². The van der Waals surface area contributed by atoms with Gasteiger partial charge in [0.15, 0.2) is 0 Å². The number of carbonyl (C=O) groups is 2. The lowest BCUT2D eigenvalue weighted by atomic mass is 9.96. The topological polar surface area (TPSA) is 112 Å². The van der Waals surface area contributed by atoms with Crippen LogP contribution in [-0.4, -0.2) is 27.8 Å². The number of aryl methyl sites for hydroxylation is 2. The summed E-state index contributed by atoms with van der Waals surface area (Å²) in [6.45, 7) is 2.01. The quantitative estimate of drug-likeness (QED) is 0.230. The molecule has 0 fully saturated rings. The summed E-state index contributed by atoms with van der Waals surface area (Å²) in [4.78, 5) is 26.1. The Hall–Kier alpha value is -4.55. The number of hydrogen-bond donors (Lipinski definition) is 2. The zero-order chi connectivity index (χ0) is 25.8. The van der Waals surface area contributed by atoms with Crippen LogP contribution in [0.5, 0.6) is 0 Å². The molecular formula is C28H24N6O2S. The van der Waals surface area contributed by atoms with Gasteiger partial charge in [-0.3, -0.25) is 9.59 Å². The molecule has 0 atom stereocenters. The van der Waals surface area contributed by atoms with Gasteiger partial charge in [0.1, 0.15) is 16.8 Å². The Morgan fingerprint density at radius 2 is 1.84 bits per heavy atom. The molecule has 0 unspecified atom stereocenters. The molecule has 2 aromatic carbocycles. The summed E-state index contributed by atoms with van der Waals surface area (Å²) in [6.07, 6.45) is 7.08. The van der Waals surface area contributed by atoms with Gasteiger partial charge in [-0.1, -0.05) is 48.0 Å². The Bertz CT molecular complexity index is 1530. The van der Waals surface area contributed by atoms with Crippen LogP contribution in [0.2, 0.25) is 0 Å². The summed E-state index contributed by atoms with van der Waals surface area (Å²) in [7, 11) is 0. The highest BCUT2D eigenvalue weighted by atomic mass is 32.1. The Morgan fingerprint density at radius 3 is 2.59 bits per heavy atom. The maximum Gasteiger partial charge on any atom is 0.329 e. The number of fused-ring (bicyclic) bond motifs is 1. The molecule has 2 amide bonds. The maximum atomic E-state index is 12.5. The molecule has 8 nitrogen and oxygen atoms in total. The average molecular weight is 509 g/mol. The second-order valence-corrected chi connectivity index (χ2v) is 9.86. The molecule has 37 heavy (non-hydrogen) atoms. The van der Waals surface area contributed by atoms with E-state index in [1.165, 1.54) is 17.6 Å². The van der Waals surface area contributed by atoms with Crippen LogP contribution in [0, 0.1) is 18.3 Å². The van der Waals surface area contributed by atoms with Crippen LogP contribution in [-0.2, 0) is 22.4 Å². The zero-order valence-electron chi connectivity index (χ0n) is 20.2. The molecule has 0 radical (unpaired) electrons. The highest BCUT2D eigenvalue weighted by Gasteiger charge is 2.23. The van der Waals surface area contributed by atoms with Crippen molar-refractivity contribution in [3.63, 3.8) is 0 Å². The number of anilines is 1. The normalized spacial score (nSPS) is 12.6. The van der Waals surface area contributed by atoms with Crippen molar-refractivity contribution in [1.29, 1.82) is 5.26 Å². The van der Waals surface area contributed by atoms with Crippen LogP contribution in [0.25, 0.3) is 16.9 Å². The van der Waals surface area contributed by atoms with Crippen molar-refractivity contribution in [1.82, 2.24) is 15.2 Å². The van der Waals surface area contributed by atoms with E-state index in [9.17, 15) is 14.9 Å². The van der Waals surface area contributed by atoms with E-state index >= 15 is 0 Å². The third-order valence-electron chi connectivity index (χ3n) is 6.17. The minimum atomic E-state index is -0.918. The first-order chi connectivity index (χ1) is 18.0. The van der Waals surface area contributed by atoms with Gasteiger partial charge in [-0.15, -0.1) is 11.3 Å². The molecule has 2 N–H and O–H groups in total. The monoisotopic (exact) mass is 508 g/mol. The molecular weight excluding hydrogens is 484 g/mol. The Morgan fingerprint density at radius 1 is 1.08 bits per heavy atom. The highest BCUT2D eigenvalue weighted by molar-refractivity contribution is 7.16. The zero-order valence-corrected chi connectivity index (χ0v) is 21.0. The summed E-state index contributed by atoms with van der Waals surface area (Å²) in [6, 6.07) is 19.8. The predicted molar refractivity (Wildman–Crippen MR) is 144 cm³/mol. The number of para-hydroxylation sites is 1. The smallest absolute Gasteiger partial charge is 0.308 e. The van der Waals surface area contributed by atoms with E-state index in [0.717, 1.165) is 52.9 Å². The van der Waals surface area contributed by atoms with Crippen molar-refractivity contribution in [2.45, 2.75) is 32.6 Å². The lowest BCUT2D eigenvalue weighted by molar-refractivity contribution is -0.136. The lowest BCUT2D eigenvalue weighted by Crippen LogP contribution is -2.32. The van der Waals surface area contributed by atoms with Crippen molar-refractivity contribution in [2.75, 3.05) is 5.32 Å². The number of benzene rings is 2. The van der Waals surface area contributed by atoms with Gasteiger partial charge in [-0.2, -0.15) is 15.5 Å². The van der Waals surface area contributed by atoms with E-state index in [-0.39, 0.29) is 0 Å². The van der Waals surface area contributed by atoms with E-state index in [4.69, 9.17) is 5.10 Å². The number of nitrogens with one attached hydrogen (secondary N) is 2. The number of nitriles is 1. The SMILES string of the molecule is Cc1ccc(-c2nn(-c3ccccc3)cc2C=NNC(=O)C(=O)Nc2sc3c(c2C#N)CCCC3)cc1. The van der Waals surface area contributed by atoms with Crippen LogP contribution >= 0.6 is 11.3 Å². The average Bonchev–Trinajstić information content (AvgIpc) is 3.50. The number of amides is 2. The first kappa shape index (κ1) is 24.2. The fraction of sp³-hybridized carbons (Fsp3) is 0.179. The van der Waals surface area contributed by atoms with Crippen LogP contribution in [0.15, 0.2) is 65.9 Å². The van der Waals surface area contributed by atoms with E-state index in [1.807, 2.05) is 67.7 Å². The van der Waals surface area contributed by atoms with Gasteiger partial charge in [0.05, 0.1) is 17.5 Å². The third-order valence-corrected chi connectivity index (χ3v) is 7.38. The molecule has 0 bridgehead atoms. The summed E-state index contributed by atoms with van der Waals surface area (Å²) in [5, 5.41) is 21.3. The molecule has 0 saturated heterocycles. The second kappa shape index (κ2) is 10.6. The van der Waals surface area contributed by atoms with Crippen LogP contribution in [0.1, 0.15) is 40.0 Å². The Balaban J connectivity index is 1.33. The maximum absolute atomic E-state index is 12.5. The number of nitrogens with zero attached hydrogens (tertiary/aromatic N) is 4. The van der Waals surface area contributed by atoms with Crippen molar-refractivity contribution < 1.29 is 9.59 Å². The first-order valence-electron chi connectivity index (χ1n) is 11.9. The van der Waals surface area contributed by atoms with Crippen LogP contribution in [0.4, 0.5) is 5.00 Å². The number of thiophene rings is 1. The molecule has 184 valence electrons. The molecule has 2 aromatic heterocycles. The van der Waals surface area contributed by atoms with Gasteiger partial charge in [0.2, 0.25) is 0 Å². The molecule has 5 rings (SSSR count). The first-order valence-corrected chi connectivity index (χ1v) is 12.8. The van der Waals surface area contributed by atoms with E-state index in [2.05, 4.69) is 21.9 Å². The summed E-state index contributed by atoms with van der Waals surface area (Å²) < 4.78 is 1.74. The van der Waals surface area contributed by atoms with E-state index in [0.29, 0.717) is 21.8 Å². The number of aromatic nitrogens is 2. The fourth-order valence-corrected chi connectivity index (χ4v) is 5.51. The Kier molecular flexibility index (Phi) is 6.92. The molecule has 1 aliphatic carbocycles. The van der Waals surface area contributed by atoms with E-state index in [1.54, 1.807) is 4.68 Å². The van der Waals surface area contributed by atoms with Crippen molar-refractivity contribution in [3.8, 4) is 23.0 Å². The second-order valence-electron chi connectivity index (χ2n) is 8.76. The fourth-order valence-electron chi connectivity index (χ4n) is 4.27. The van der Waals surface area contributed by atoms with Crippen molar-refractivity contribution in [2.24, 2.45) is 5.10 Å². The predicted octanol–water partition coefficient (Wildman–Crippen LogP) is 4.75. The largest absolute Gasteiger partial charge is 0.329 e. The van der Waals surface area contributed by atoms with Crippen molar-refractivity contribution in [3.05, 3.63) is 87.9 Å². The number of carbonyl (C=O) groups excluding carboxylic acids is 2.